The maximum absolute atomic E-state index is 13.0. The molecule has 0 saturated carbocycles. The molecule has 1 aromatic carbocycles. The van der Waals surface area contributed by atoms with Crippen LogP contribution in [0, 0.1) is 6.92 Å². The first kappa shape index (κ1) is 17.2. The lowest BCUT2D eigenvalue weighted by molar-refractivity contribution is -0.136. The molecule has 0 saturated heterocycles. The van der Waals surface area contributed by atoms with Gasteiger partial charge >= 0.3 is 5.97 Å². The Morgan fingerprint density at radius 3 is 2.68 bits per heavy atom. The zero-order chi connectivity index (χ0) is 18.1. The fourth-order valence-corrected chi connectivity index (χ4v) is 3.25. The topological polar surface area (TPSA) is 72.2 Å². The number of hydrogen-bond donors (Lipinski definition) is 1. The molecule has 2 heterocycles. The number of aliphatic carboxylic acids is 1. The van der Waals surface area contributed by atoms with Gasteiger partial charge in [-0.05, 0) is 43.7 Å². The van der Waals surface area contributed by atoms with Crippen LogP contribution in [-0.4, -0.2) is 20.6 Å². The van der Waals surface area contributed by atoms with Crippen LogP contribution in [0.4, 0.5) is 0 Å². The van der Waals surface area contributed by atoms with Crippen molar-refractivity contribution in [2.75, 3.05) is 0 Å². The van der Waals surface area contributed by atoms with Crippen LogP contribution in [0.25, 0.3) is 22.2 Å². The van der Waals surface area contributed by atoms with Crippen LogP contribution >= 0.6 is 11.6 Å². The molecule has 2 aromatic heterocycles. The van der Waals surface area contributed by atoms with E-state index in [-0.39, 0.29) is 17.5 Å². The third kappa shape index (κ3) is 3.15. The Balaban J connectivity index is 2.51. The molecular weight excluding hydrogens is 340 g/mol. The van der Waals surface area contributed by atoms with Crippen LogP contribution in [0.2, 0.25) is 5.02 Å². The molecular formula is C19H17ClN2O3. The van der Waals surface area contributed by atoms with Gasteiger partial charge in [0.25, 0.3) is 5.56 Å². The summed E-state index contributed by atoms with van der Waals surface area (Å²) < 4.78 is 1.52. The number of rotatable bonds is 4. The van der Waals surface area contributed by atoms with Gasteiger partial charge in [0.2, 0.25) is 0 Å². The molecule has 0 aliphatic rings. The van der Waals surface area contributed by atoms with Gasteiger partial charge in [0.15, 0.2) is 0 Å². The number of pyridine rings is 2. The smallest absolute Gasteiger partial charge is 0.308 e. The average Bonchev–Trinajstić information content (AvgIpc) is 2.55. The summed E-state index contributed by atoms with van der Waals surface area (Å²) in [6.45, 7) is 4.11. The Kier molecular flexibility index (Phi) is 4.59. The first-order valence-corrected chi connectivity index (χ1v) is 8.31. The molecule has 0 aliphatic heterocycles. The zero-order valence-electron chi connectivity index (χ0n) is 13.9. The maximum atomic E-state index is 13.0. The van der Waals surface area contributed by atoms with E-state index in [1.165, 1.54) is 4.57 Å². The summed E-state index contributed by atoms with van der Waals surface area (Å²) in [5.74, 6) is -1.05. The molecule has 0 unspecified atom stereocenters. The molecule has 128 valence electrons. The number of carbonyl (C=O) groups is 1. The van der Waals surface area contributed by atoms with Gasteiger partial charge < -0.3 is 5.11 Å². The third-order valence-electron chi connectivity index (χ3n) is 4.10. The highest BCUT2D eigenvalue weighted by atomic mass is 35.5. The van der Waals surface area contributed by atoms with Crippen molar-refractivity contribution >= 4 is 28.6 Å². The Morgan fingerprint density at radius 2 is 2.04 bits per heavy atom. The Morgan fingerprint density at radius 1 is 1.28 bits per heavy atom. The van der Waals surface area contributed by atoms with Crippen LogP contribution in [0.1, 0.15) is 18.2 Å². The van der Waals surface area contributed by atoms with Crippen LogP contribution < -0.4 is 5.56 Å². The number of benzene rings is 1. The number of nitrogens with zero attached hydrogens (tertiary/aromatic N) is 2. The lowest BCUT2D eigenvalue weighted by Crippen LogP contribution is -2.27. The summed E-state index contributed by atoms with van der Waals surface area (Å²) in [5.41, 5.74) is 2.55. The zero-order valence-corrected chi connectivity index (χ0v) is 14.7. The second-order valence-corrected chi connectivity index (χ2v) is 6.24. The molecule has 5 nitrogen and oxygen atoms in total. The second kappa shape index (κ2) is 6.69. The number of hydrogen-bond acceptors (Lipinski definition) is 3. The molecule has 25 heavy (non-hydrogen) atoms. The van der Waals surface area contributed by atoms with E-state index in [0.717, 1.165) is 11.1 Å². The van der Waals surface area contributed by atoms with E-state index in [0.29, 0.717) is 28.3 Å². The standard InChI is InChI=1S/C19H17ClN2O3/c1-3-22-18-14(8-7-11(2)21-18)17(12-5-4-6-13(20)9-12)15(19(22)25)10-16(23)24/h4-9H,3,10H2,1-2H3,(H,23,24). The van der Waals surface area contributed by atoms with Gasteiger partial charge in [-0.1, -0.05) is 23.7 Å². The first-order valence-electron chi connectivity index (χ1n) is 7.93. The minimum Gasteiger partial charge on any atom is -0.481 e. The van der Waals surface area contributed by atoms with Crippen molar-refractivity contribution < 1.29 is 9.90 Å². The van der Waals surface area contributed by atoms with Crippen molar-refractivity contribution in [2.24, 2.45) is 0 Å². The minimum atomic E-state index is -1.05. The highest BCUT2D eigenvalue weighted by molar-refractivity contribution is 6.30. The van der Waals surface area contributed by atoms with E-state index in [4.69, 9.17) is 11.6 Å². The summed E-state index contributed by atoms with van der Waals surface area (Å²) in [4.78, 5) is 28.9. The summed E-state index contributed by atoms with van der Waals surface area (Å²) in [7, 11) is 0. The third-order valence-corrected chi connectivity index (χ3v) is 4.34. The highest BCUT2D eigenvalue weighted by Gasteiger charge is 2.20. The van der Waals surface area contributed by atoms with Gasteiger partial charge in [0.1, 0.15) is 5.65 Å². The van der Waals surface area contributed by atoms with Crippen LogP contribution in [0.15, 0.2) is 41.2 Å². The highest BCUT2D eigenvalue weighted by Crippen LogP contribution is 2.31. The lowest BCUT2D eigenvalue weighted by atomic mass is 9.95. The fourth-order valence-electron chi connectivity index (χ4n) is 3.05. The van der Waals surface area contributed by atoms with E-state index in [1.807, 2.05) is 32.0 Å². The summed E-state index contributed by atoms with van der Waals surface area (Å²) >= 11 is 6.11. The minimum absolute atomic E-state index is 0.245. The summed E-state index contributed by atoms with van der Waals surface area (Å²) in [6.07, 6.45) is -0.357. The van der Waals surface area contributed by atoms with E-state index in [1.54, 1.807) is 18.2 Å². The van der Waals surface area contributed by atoms with Gasteiger partial charge in [-0.15, -0.1) is 0 Å². The predicted octanol–water partition coefficient (Wildman–Crippen LogP) is 3.67. The van der Waals surface area contributed by atoms with Gasteiger partial charge in [-0.25, -0.2) is 4.98 Å². The molecule has 0 spiro atoms. The first-order chi connectivity index (χ1) is 11.9. The van der Waals surface area contributed by atoms with E-state index >= 15 is 0 Å². The largest absolute Gasteiger partial charge is 0.481 e. The quantitative estimate of drug-likeness (QED) is 0.774. The van der Waals surface area contributed by atoms with E-state index < -0.39 is 5.97 Å². The number of fused-ring (bicyclic) bond motifs is 1. The molecule has 3 aromatic rings. The molecule has 0 atom stereocenters. The van der Waals surface area contributed by atoms with E-state index in [2.05, 4.69) is 4.98 Å². The molecule has 3 rings (SSSR count). The van der Waals surface area contributed by atoms with Crippen molar-refractivity contribution in [3.05, 3.63) is 63.0 Å². The molecule has 0 fully saturated rings. The van der Waals surface area contributed by atoms with Crippen molar-refractivity contribution in [3.63, 3.8) is 0 Å². The summed E-state index contributed by atoms with van der Waals surface area (Å²) in [5, 5.41) is 10.6. The van der Waals surface area contributed by atoms with Gasteiger partial charge in [-0.3, -0.25) is 14.2 Å². The number of carboxylic acid groups (broad SMARTS) is 1. The molecule has 1 N–H and O–H groups in total. The van der Waals surface area contributed by atoms with Gasteiger partial charge in [0, 0.05) is 33.8 Å². The molecule has 0 radical (unpaired) electrons. The average molecular weight is 357 g/mol. The summed E-state index contributed by atoms with van der Waals surface area (Å²) in [6, 6.07) is 10.8. The lowest BCUT2D eigenvalue weighted by Gasteiger charge is -2.16. The van der Waals surface area contributed by atoms with Crippen LogP contribution in [0.5, 0.6) is 0 Å². The normalized spacial score (nSPS) is 11.0. The van der Waals surface area contributed by atoms with Gasteiger partial charge in [0.05, 0.1) is 6.42 Å². The van der Waals surface area contributed by atoms with Crippen molar-refractivity contribution in [3.8, 4) is 11.1 Å². The van der Waals surface area contributed by atoms with Crippen molar-refractivity contribution in [1.82, 2.24) is 9.55 Å². The molecule has 0 amide bonds. The monoisotopic (exact) mass is 356 g/mol. The Hall–Kier alpha value is -2.66. The Bertz CT molecular complexity index is 1040. The second-order valence-electron chi connectivity index (χ2n) is 5.81. The molecule has 0 bridgehead atoms. The van der Waals surface area contributed by atoms with Gasteiger partial charge in [-0.2, -0.15) is 0 Å². The van der Waals surface area contributed by atoms with Crippen LogP contribution in [0.3, 0.4) is 0 Å². The number of aryl methyl sites for hydroxylation is 2. The maximum Gasteiger partial charge on any atom is 0.308 e. The Labute approximate surface area is 149 Å². The number of carboxylic acids is 1. The SMILES string of the molecule is CCn1c(=O)c(CC(=O)O)c(-c2cccc(Cl)c2)c2ccc(C)nc21. The molecule has 0 aliphatic carbocycles. The van der Waals surface area contributed by atoms with Crippen molar-refractivity contribution in [1.29, 1.82) is 0 Å². The number of aromatic nitrogens is 2. The predicted molar refractivity (Wildman–Crippen MR) is 98.2 cm³/mol. The van der Waals surface area contributed by atoms with Crippen molar-refractivity contribution in [2.45, 2.75) is 26.8 Å². The van der Waals surface area contributed by atoms with Crippen LogP contribution in [-0.2, 0) is 17.8 Å². The fraction of sp³-hybridized carbons (Fsp3) is 0.211. The van der Waals surface area contributed by atoms with E-state index in [9.17, 15) is 14.7 Å². The molecule has 6 heteroatoms. The number of halogens is 1.